The van der Waals surface area contributed by atoms with Crippen LogP contribution in [0.1, 0.15) is 57.9 Å². The molecule has 1 N–H and O–H groups in total. The Hall–Kier alpha value is -1.02. The van der Waals surface area contributed by atoms with Crippen LogP contribution in [0.5, 0.6) is 5.75 Å². The fourth-order valence-corrected chi connectivity index (χ4v) is 2.93. The number of hydrogen-bond acceptors (Lipinski definition) is 2. The second-order valence-corrected chi connectivity index (χ2v) is 6.80. The number of nitrogens with one attached hydrogen (secondary N) is 1. The van der Waals surface area contributed by atoms with Gasteiger partial charge in [-0.25, -0.2) is 0 Å². The van der Waals surface area contributed by atoms with Crippen LogP contribution in [0, 0.1) is 5.41 Å². The van der Waals surface area contributed by atoms with Gasteiger partial charge in [0.25, 0.3) is 0 Å². The second kappa shape index (κ2) is 7.12. The summed E-state index contributed by atoms with van der Waals surface area (Å²) in [4.78, 5) is 0. The Morgan fingerprint density at radius 2 is 2.05 bits per heavy atom. The number of hydrogen-bond donors (Lipinski definition) is 1. The van der Waals surface area contributed by atoms with Gasteiger partial charge in [0.15, 0.2) is 0 Å². The van der Waals surface area contributed by atoms with E-state index in [1.807, 2.05) is 6.07 Å². The summed E-state index contributed by atoms with van der Waals surface area (Å²) in [6.45, 7) is 9.94. The van der Waals surface area contributed by atoms with E-state index < -0.39 is 0 Å². The number of unbranched alkanes of at least 4 members (excludes halogenated alkanes) is 2. The molecule has 1 aromatic rings. The highest BCUT2D eigenvalue weighted by molar-refractivity contribution is 5.39. The fraction of sp³-hybridized carbons (Fsp3) is 0.667. The van der Waals surface area contributed by atoms with Gasteiger partial charge in [-0.2, -0.15) is 0 Å². The largest absolute Gasteiger partial charge is 0.493 e. The first-order valence-electron chi connectivity index (χ1n) is 8.05. The van der Waals surface area contributed by atoms with Crippen LogP contribution in [0.2, 0.25) is 0 Å². The summed E-state index contributed by atoms with van der Waals surface area (Å²) in [5.74, 6) is 1.58. The summed E-state index contributed by atoms with van der Waals surface area (Å²) in [5, 5.41) is 3.66. The van der Waals surface area contributed by atoms with Crippen molar-refractivity contribution in [2.24, 2.45) is 5.41 Å². The highest BCUT2D eigenvalue weighted by atomic mass is 16.5. The number of ether oxygens (including phenoxy) is 1. The number of rotatable bonds is 8. The molecule has 1 atom stereocenters. The molecule has 0 fully saturated rings. The Morgan fingerprint density at radius 1 is 1.25 bits per heavy atom. The van der Waals surface area contributed by atoms with Gasteiger partial charge < -0.3 is 10.1 Å². The first-order chi connectivity index (χ1) is 9.62. The summed E-state index contributed by atoms with van der Waals surface area (Å²) in [6.07, 6.45) is 5.32. The quantitative estimate of drug-likeness (QED) is 0.712. The maximum absolute atomic E-state index is 5.73. The fourth-order valence-electron chi connectivity index (χ4n) is 2.93. The van der Waals surface area contributed by atoms with Crippen molar-refractivity contribution in [1.82, 2.24) is 5.32 Å². The van der Waals surface area contributed by atoms with Gasteiger partial charge in [0.1, 0.15) is 5.75 Å². The van der Waals surface area contributed by atoms with Crippen molar-refractivity contribution in [2.45, 2.75) is 52.4 Å². The molecular formula is C18H29NO. The van der Waals surface area contributed by atoms with E-state index in [2.05, 4.69) is 44.3 Å². The lowest BCUT2D eigenvalue weighted by atomic mass is 9.86. The second-order valence-electron chi connectivity index (χ2n) is 6.80. The minimum Gasteiger partial charge on any atom is -0.493 e. The van der Waals surface area contributed by atoms with Gasteiger partial charge in [-0.15, -0.1) is 0 Å². The molecule has 2 nitrogen and oxygen atoms in total. The average Bonchev–Trinajstić information content (AvgIpc) is 2.82. The van der Waals surface area contributed by atoms with Crippen LogP contribution in [0.3, 0.4) is 0 Å². The molecule has 1 aliphatic rings. The Balaban J connectivity index is 1.74. The number of benzene rings is 1. The maximum Gasteiger partial charge on any atom is 0.122 e. The van der Waals surface area contributed by atoms with Gasteiger partial charge in [0.2, 0.25) is 0 Å². The SMILES string of the molecule is CCCCCC(C)(C)CNCC1COc2ccccc21. The van der Waals surface area contributed by atoms with E-state index in [0.717, 1.165) is 25.4 Å². The minimum atomic E-state index is 0.397. The Morgan fingerprint density at radius 3 is 2.85 bits per heavy atom. The Bertz CT molecular complexity index is 414. The van der Waals surface area contributed by atoms with E-state index in [0.29, 0.717) is 11.3 Å². The first kappa shape index (κ1) is 15.4. The molecule has 20 heavy (non-hydrogen) atoms. The van der Waals surface area contributed by atoms with Gasteiger partial charge in [0.05, 0.1) is 6.61 Å². The van der Waals surface area contributed by atoms with Crippen LogP contribution in [0.15, 0.2) is 24.3 Å². The van der Waals surface area contributed by atoms with E-state index in [-0.39, 0.29) is 0 Å². The van der Waals surface area contributed by atoms with Crippen molar-refractivity contribution in [1.29, 1.82) is 0 Å². The average molecular weight is 275 g/mol. The van der Waals surface area contributed by atoms with E-state index in [1.165, 1.54) is 31.2 Å². The summed E-state index contributed by atoms with van der Waals surface area (Å²) >= 11 is 0. The van der Waals surface area contributed by atoms with Crippen molar-refractivity contribution in [2.75, 3.05) is 19.7 Å². The normalized spacial score (nSPS) is 17.9. The van der Waals surface area contributed by atoms with E-state index in [1.54, 1.807) is 0 Å². The molecule has 2 rings (SSSR count). The van der Waals surface area contributed by atoms with Gasteiger partial charge >= 0.3 is 0 Å². The monoisotopic (exact) mass is 275 g/mol. The topological polar surface area (TPSA) is 21.3 Å². The zero-order valence-corrected chi connectivity index (χ0v) is 13.2. The third-order valence-corrected chi connectivity index (χ3v) is 4.25. The third kappa shape index (κ3) is 4.24. The molecule has 1 heterocycles. The molecule has 0 bridgehead atoms. The van der Waals surface area contributed by atoms with E-state index in [4.69, 9.17) is 4.74 Å². The molecule has 0 amide bonds. The van der Waals surface area contributed by atoms with Crippen molar-refractivity contribution in [3.8, 4) is 5.75 Å². The van der Waals surface area contributed by atoms with Crippen LogP contribution < -0.4 is 10.1 Å². The zero-order chi connectivity index (χ0) is 14.4. The Labute approximate surface area is 123 Å². The van der Waals surface area contributed by atoms with Crippen molar-refractivity contribution in [3.05, 3.63) is 29.8 Å². The maximum atomic E-state index is 5.73. The summed E-state index contributed by atoms with van der Waals surface area (Å²) in [7, 11) is 0. The predicted octanol–water partition coefficient (Wildman–Crippen LogP) is 4.36. The lowest BCUT2D eigenvalue weighted by molar-refractivity contribution is 0.287. The van der Waals surface area contributed by atoms with Gasteiger partial charge in [-0.1, -0.05) is 58.2 Å². The molecule has 0 saturated heterocycles. The van der Waals surface area contributed by atoms with Gasteiger partial charge in [-0.3, -0.25) is 0 Å². The van der Waals surface area contributed by atoms with Crippen LogP contribution >= 0.6 is 0 Å². The Kier molecular flexibility index (Phi) is 5.47. The minimum absolute atomic E-state index is 0.397. The standard InChI is InChI=1S/C18H29NO/c1-4-5-8-11-18(2,3)14-19-12-15-13-20-17-10-7-6-9-16(15)17/h6-7,9-10,15,19H,4-5,8,11-14H2,1-3H3. The van der Waals surface area contributed by atoms with E-state index >= 15 is 0 Å². The van der Waals surface area contributed by atoms with Crippen molar-refractivity contribution in [3.63, 3.8) is 0 Å². The number of para-hydroxylation sites is 1. The van der Waals surface area contributed by atoms with E-state index in [9.17, 15) is 0 Å². The molecule has 0 aromatic heterocycles. The smallest absolute Gasteiger partial charge is 0.122 e. The third-order valence-electron chi connectivity index (χ3n) is 4.25. The van der Waals surface area contributed by atoms with Crippen LogP contribution in [0.25, 0.3) is 0 Å². The van der Waals surface area contributed by atoms with Gasteiger partial charge in [0, 0.05) is 24.6 Å². The van der Waals surface area contributed by atoms with Crippen molar-refractivity contribution < 1.29 is 4.74 Å². The highest BCUT2D eigenvalue weighted by Gasteiger charge is 2.24. The molecule has 1 aliphatic heterocycles. The predicted molar refractivity (Wildman–Crippen MR) is 85.5 cm³/mol. The molecule has 0 aliphatic carbocycles. The zero-order valence-electron chi connectivity index (χ0n) is 13.2. The molecule has 112 valence electrons. The molecule has 2 heteroatoms. The summed E-state index contributed by atoms with van der Waals surface area (Å²) in [6, 6.07) is 8.42. The highest BCUT2D eigenvalue weighted by Crippen LogP contribution is 2.33. The lowest BCUT2D eigenvalue weighted by Crippen LogP contribution is -2.32. The van der Waals surface area contributed by atoms with Crippen molar-refractivity contribution >= 4 is 0 Å². The number of fused-ring (bicyclic) bond motifs is 1. The summed E-state index contributed by atoms with van der Waals surface area (Å²) < 4.78 is 5.73. The lowest BCUT2D eigenvalue weighted by Gasteiger charge is -2.26. The molecule has 1 unspecified atom stereocenters. The van der Waals surface area contributed by atoms with Crippen LogP contribution in [-0.2, 0) is 0 Å². The molecule has 0 saturated carbocycles. The van der Waals surface area contributed by atoms with Crippen LogP contribution in [0.4, 0.5) is 0 Å². The van der Waals surface area contributed by atoms with Gasteiger partial charge in [-0.05, 0) is 17.9 Å². The molecule has 1 aromatic carbocycles. The molecular weight excluding hydrogens is 246 g/mol. The molecule has 0 spiro atoms. The summed E-state index contributed by atoms with van der Waals surface area (Å²) in [5.41, 5.74) is 1.76. The van der Waals surface area contributed by atoms with Crippen LogP contribution in [-0.4, -0.2) is 19.7 Å². The molecule has 0 radical (unpaired) electrons. The first-order valence-corrected chi connectivity index (χ1v) is 8.05.